The average molecular weight is 263 g/mol. The number of benzene rings is 1. The van der Waals surface area contributed by atoms with E-state index in [2.05, 4.69) is 31.8 Å². The van der Waals surface area contributed by atoms with Crippen LogP contribution in [0.15, 0.2) is 30.3 Å². The van der Waals surface area contributed by atoms with E-state index in [9.17, 15) is 4.79 Å². The first-order valence-electron chi connectivity index (χ1n) is 6.53. The third kappa shape index (κ3) is 3.52. The highest BCUT2D eigenvalue weighted by molar-refractivity contribution is 7.81. The minimum absolute atomic E-state index is 0.0408. The fourth-order valence-electron chi connectivity index (χ4n) is 2.24. The first-order valence-corrected chi connectivity index (χ1v) is 7.05. The number of rotatable bonds is 5. The molecule has 0 heterocycles. The molecule has 1 aliphatic rings. The fourth-order valence-corrected chi connectivity index (χ4v) is 2.51. The van der Waals surface area contributed by atoms with Crippen LogP contribution in [0.25, 0.3) is 0 Å². The van der Waals surface area contributed by atoms with Crippen molar-refractivity contribution in [1.82, 2.24) is 5.32 Å². The Bertz CT molecular complexity index is 412. The van der Waals surface area contributed by atoms with Crippen LogP contribution in [-0.4, -0.2) is 16.7 Å². The van der Waals surface area contributed by atoms with Gasteiger partial charge in [0, 0.05) is 5.54 Å². The highest BCUT2D eigenvalue weighted by Gasteiger charge is 2.39. The van der Waals surface area contributed by atoms with Crippen LogP contribution >= 0.6 is 12.6 Å². The summed E-state index contributed by atoms with van der Waals surface area (Å²) in [5.41, 5.74) is 1.06. The van der Waals surface area contributed by atoms with Crippen molar-refractivity contribution < 1.29 is 4.79 Å². The maximum atomic E-state index is 12.1. The molecule has 0 aliphatic heterocycles. The molecule has 0 aromatic heterocycles. The van der Waals surface area contributed by atoms with Gasteiger partial charge in [0.1, 0.15) is 0 Å². The van der Waals surface area contributed by atoms with Gasteiger partial charge in [0.15, 0.2) is 0 Å². The van der Waals surface area contributed by atoms with Crippen LogP contribution in [0, 0.1) is 5.92 Å². The second-order valence-electron chi connectivity index (χ2n) is 5.69. The zero-order chi connectivity index (χ0) is 13.2. The average Bonchev–Trinajstić information content (AvgIpc) is 3.13. The smallest absolute Gasteiger partial charge is 0.233 e. The molecule has 1 fully saturated rings. The minimum atomic E-state index is -0.273. The van der Waals surface area contributed by atoms with Crippen molar-refractivity contribution in [2.75, 3.05) is 0 Å². The van der Waals surface area contributed by atoms with Crippen molar-refractivity contribution in [3.63, 3.8) is 0 Å². The van der Waals surface area contributed by atoms with E-state index in [0.29, 0.717) is 12.3 Å². The van der Waals surface area contributed by atoms with E-state index >= 15 is 0 Å². The zero-order valence-corrected chi connectivity index (χ0v) is 11.9. The van der Waals surface area contributed by atoms with Crippen molar-refractivity contribution in [3.05, 3.63) is 35.9 Å². The molecular formula is C15H21NOS. The third-order valence-corrected chi connectivity index (χ3v) is 4.03. The van der Waals surface area contributed by atoms with Crippen molar-refractivity contribution in [3.8, 4) is 0 Å². The van der Waals surface area contributed by atoms with Gasteiger partial charge in [-0.05, 0) is 44.6 Å². The molecule has 0 radical (unpaired) electrons. The Hall–Kier alpha value is -0.960. The molecule has 0 bridgehead atoms. The Morgan fingerprint density at radius 3 is 2.56 bits per heavy atom. The lowest BCUT2D eigenvalue weighted by Crippen LogP contribution is -2.48. The predicted octanol–water partition coefficient (Wildman–Crippen LogP) is 2.83. The van der Waals surface area contributed by atoms with E-state index in [1.165, 1.54) is 12.8 Å². The summed E-state index contributed by atoms with van der Waals surface area (Å²) in [4.78, 5) is 12.1. The van der Waals surface area contributed by atoms with E-state index in [4.69, 9.17) is 0 Å². The number of hydrogen-bond acceptors (Lipinski definition) is 2. The topological polar surface area (TPSA) is 29.1 Å². The van der Waals surface area contributed by atoms with Crippen LogP contribution in [0.5, 0.6) is 0 Å². The summed E-state index contributed by atoms with van der Waals surface area (Å²) in [6.07, 6.45) is 3.13. The normalized spacial score (nSPS) is 17.3. The molecule has 1 saturated carbocycles. The van der Waals surface area contributed by atoms with Crippen LogP contribution in [0.4, 0.5) is 0 Å². The number of carbonyl (C=O) groups excluding carboxylic acids is 1. The maximum Gasteiger partial charge on any atom is 0.233 e. The summed E-state index contributed by atoms with van der Waals surface area (Å²) in [5.74, 6) is 0.679. The summed E-state index contributed by atoms with van der Waals surface area (Å²) >= 11 is 4.43. The summed E-state index contributed by atoms with van der Waals surface area (Å²) in [6.45, 7) is 4.21. The highest BCUT2D eigenvalue weighted by atomic mass is 32.1. The Morgan fingerprint density at radius 1 is 1.39 bits per heavy atom. The molecule has 2 nitrogen and oxygen atoms in total. The number of thiol groups is 1. The lowest BCUT2D eigenvalue weighted by atomic mass is 9.98. The molecule has 1 aliphatic carbocycles. The predicted molar refractivity (Wildman–Crippen MR) is 77.9 cm³/mol. The Kier molecular flexibility index (Phi) is 4.00. The first-order chi connectivity index (χ1) is 8.49. The van der Waals surface area contributed by atoms with Crippen LogP contribution < -0.4 is 5.32 Å². The van der Waals surface area contributed by atoms with Crippen molar-refractivity contribution in [2.45, 2.75) is 43.9 Å². The lowest BCUT2D eigenvalue weighted by Gasteiger charge is -2.27. The number of carbonyl (C=O) groups is 1. The molecule has 98 valence electrons. The molecule has 1 N–H and O–H groups in total. The van der Waals surface area contributed by atoms with Gasteiger partial charge >= 0.3 is 0 Å². The van der Waals surface area contributed by atoms with Gasteiger partial charge in [0.25, 0.3) is 0 Å². The van der Waals surface area contributed by atoms with Crippen LogP contribution in [0.2, 0.25) is 0 Å². The lowest BCUT2D eigenvalue weighted by molar-refractivity contribution is -0.122. The molecule has 1 amide bonds. The van der Waals surface area contributed by atoms with Gasteiger partial charge in [0.2, 0.25) is 5.91 Å². The molecular weight excluding hydrogens is 242 g/mol. The molecule has 0 spiro atoms. The quantitative estimate of drug-likeness (QED) is 0.786. The Labute approximate surface area is 115 Å². The van der Waals surface area contributed by atoms with E-state index in [1.807, 2.05) is 30.3 Å². The van der Waals surface area contributed by atoms with Gasteiger partial charge in [-0.25, -0.2) is 0 Å². The molecule has 1 atom stereocenters. The maximum absolute atomic E-state index is 12.1. The Morgan fingerprint density at radius 2 is 2.00 bits per heavy atom. The first kappa shape index (κ1) is 13.5. The molecule has 2 rings (SSSR count). The molecule has 18 heavy (non-hydrogen) atoms. The van der Waals surface area contributed by atoms with Gasteiger partial charge in [0.05, 0.1) is 5.25 Å². The van der Waals surface area contributed by atoms with Crippen LogP contribution in [0.3, 0.4) is 0 Å². The largest absolute Gasteiger partial charge is 0.350 e. The molecule has 1 aromatic carbocycles. The summed E-state index contributed by atoms with van der Waals surface area (Å²) in [7, 11) is 0. The summed E-state index contributed by atoms with van der Waals surface area (Å²) < 4.78 is 0. The number of nitrogens with one attached hydrogen (secondary N) is 1. The van der Waals surface area contributed by atoms with Gasteiger partial charge in [-0.1, -0.05) is 30.3 Å². The minimum Gasteiger partial charge on any atom is -0.350 e. The SMILES string of the molecule is CC(C)(NC(=O)C(S)Cc1ccccc1)C1CC1. The van der Waals surface area contributed by atoms with E-state index < -0.39 is 0 Å². The van der Waals surface area contributed by atoms with Gasteiger partial charge in [-0.2, -0.15) is 12.6 Å². The molecule has 0 saturated heterocycles. The number of amides is 1. The van der Waals surface area contributed by atoms with E-state index in [-0.39, 0.29) is 16.7 Å². The zero-order valence-electron chi connectivity index (χ0n) is 11.0. The Balaban J connectivity index is 1.89. The second-order valence-corrected chi connectivity index (χ2v) is 6.31. The monoisotopic (exact) mass is 263 g/mol. The van der Waals surface area contributed by atoms with Crippen LogP contribution in [0.1, 0.15) is 32.3 Å². The van der Waals surface area contributed by atoms with Crippen molar-refractivity contribution in [1.29, 1.82) is 0 Å². The second kappa shape index (κ2) is 5.35. The highest BCUT2D eigenvalue weighted by Crippen LogP contribution is 2.39. The van der Waals surface area contributed by atoms with Gasteiger partial charge in [-0.15, -0.1) is 0 Å². The summed E-state index contributed by atoms with van der Waals surface area (Å²) in [5, 5.41) is 2.85. The van der Waals surface area contributed by atoms with Crippen molar-refractivity contribution in [2.24, 2.45) is 5.92 Å². The van der Waals surface area contributed by atoms with Crippen molar-refractivity contribution >= 4 is 18.5 Å². The van der Waals surface area contributed by atoms with Gasteiger partial charge < -0.3 is 5.32 Å². The van der Waals surface area contributed by atoms with Crippen LogP contribution in [-0.2, 0) is 11.2 Å². The third-order valence-electron chi connectivity index (χ3n) is 3.62. The molecule has 1 aromatic rings. The fraction of sp³-hybridized carbons (Fsp3) is 0.533. The van der Waals surface area contributed by atoms with E-state index in [0.717, 1.165) is 5.56 Å². The standard InChI is InChI=1S/C15H21NOS/c1-15(2,12-8-9-12)16-14(17)13(18)10-11-6-4-3-5-7-11/h3-7,12-13,18H,8-10H2,1-2H3,(H,16,17). The molecule has 1 unspecified atom stereocenters. The van der Waals surface area contributed by atoms with E-state index in [1.54, 1.807) is 0 Å². The number of hydrogen-bond donors (Lipinski definition) is 2. The molecule has 3 heteroatoms. The summed E-state index contributed by atoms with van der Waals surface area (Å²) in [6, 6.07) is 10.0. The van der Waals surface area contributed by atoms with Gasteiger partial charge in [-0.3, -0.25) is 4.79 Å².